The molecule has 24 heavy (non-hydrogen) atoms. The summed E-state index contributed by atoms with van der Waals surface area (Å²) in [5.41, 5.74) is 4.15. The first-order valence-electron chi connectivity index (χ1n) is 7.30. The van der Waals surface area contributed by atoms with E-state index in [2.05, 4.69) is 14.9 Å². The molecule has 3 aromatic heterocycles. The lowest BCUT2D eigenvalue weighted by molar-refractivity contribution is 0.628. The van der Waals surface area contributed by atoms with Crippen LogP contribution >= 0.6 is 0 Å². The number of benzene rings is 1. The Morgan fingerprint density at radius 3 is 2.54 bits per heavy atom. The van der Waals surface area contributed by atoms with Gasteiger partial charge in [-0.15, -0.1) is 0 Å². The second-order valence-corrected chi connectivity index (χ2v) is 5.45. The Kier molecular flexibility index (Phi) is 3.14. The van der Waals surface area contributed by atoms with Crippen molar-refractivity contribution >= 4 is 11.5 Å². The van der Waals surface area contributed by atoms with Crippen molar-refractivity contribution in [3.63, 3.8) is 0 Å². The molecule has 0 amide bonds. The van der Waals surface area contributed by atoms with Gasteiger partial charge in [-0.05, 0) is 30.3 Å². The molecule has 1 aromatic carbocycles. The summed E-state index contributed by atoms with van der Waals surface area (Å²) in [5, 5.41) is 4.51. The molecule has 0 N–H and O–H groups in total. The summed E-state index contributed by atoms with van der Waals surface area (Å²) in [6, 6.07) is 10.1. The summed E-state index contributed by atoms with van der Waals surface area (Å²) < 4.78 is 16.7. The van der Waals surface area contributed by atoms with Crippen LogP contribution < -0.4 is 0 Å². The van der Waals surface area contributed by atoms with Crippen LogP contribution in [0.2, 0.25) is 0 Å². The third-order valence-corrected chi connectivity index (χ3v) is 3.86. The Balaban J connectivity index is 1.91. The molecule has 4 rings (SSSR count). The van der Waals surface area contributed by atoms with E-state index >= 15 is 0 Å². The number of fused-ring (bicyclic) bond motifs is 1. The molecule has 5 nitrogen and oxygen atoms in total. The van der Waals surface area contributed by atoms with Gasteiger partial charge in [-0.3, -0.25) is 4.68 Å². The van der Waals surface area contributed by atoms with Gasteiger partial charge >= 0.3 is 0 Å². The third-order valence-electron chi connectivity index (χ3n) is 3.86. The fourth-order valence-electron chi connectivity index (χ4n) is 2.73. The highest BCUT2D eigenvalue weighted by Gasteiger charge is 2.15. The van der Waals surface area contributed by atoms with Gasteiger partial charge in [-0.1, -0.05) is 6.57 Å². The number of imidazole rings is 1. The smallest absolute Gasteiger partial charge is 0.254 e. The molecule has 0 radical (unpaired) electrons. The van der Waals surface area contributed by atoms with Gasteiger partial charge in [0.05, 0.1) is 12.4 Å². The maximum atomic E-state index is 13.2. The number of nitrogens with zero attached hydrogens (tertiary/aromatic N) is 5. The minimum absolute atomic E-state index is 0.280. The highest BCUT2D eigenvalue weighted by atomic mass is 19.1. The van der Waals surface area contributed by atoms with Gasteiger partial charge in [0.25, 0.3) is 5.82 Å². The minimum atomic E-state index is -0.280. The molecule has 6 heteroatoms. The van der Waals surface area contributed by atoms with E-state index in [1.165, 1.54) is 12.1 Å². The lowest BCUT2D eigenvalue weighted by Gasteiger charge is -2.03. The van der Waals surface area contributed by atoms with Gasteiger partial charge in [0.2, 0.25) is 5.65 Å². The largest absolute Gasteiger partial charge is 0.362 e. The Bertz CT molecular complexity index is 1080. The van der Waals surface area contributed by atoms with Crippen molar-refractivity contribution in [1.29, 1.82) is 0 Å². The zero-order chi connectivity index (χ0) is 16.7. The molecule has 0 spiro atoms. The van der Waals surface area contributed by atoms with Crippen molar-refractivity contribution in [3.05, 3.63) is 72.2 Å². The molecule has 0 atom stereocenters. The first-order valence-corrected chi connectivity index (χ1v) is 7.30. The van der Waals surface area contributed by atoms with Crippen LogP contribution in [0.25, 0.3) is 32.9 Å². The van der Waals surface area contributed by atoms with Crippen LogP contribution in [0.4, 0.5) is 10.2 Å². The summed E-state index contributed by atoms with van der Waals surface area (Å²) in [6.45, 7) is 7.23. The summed E-state index contributed by atoms with van der Waals surface area (Å²) in [6.07, 6.45) is 5.34. The van der Waals surface area contributed by atoms with Gasteiger partial charge in [-0.25, -0.2) is 13.8 Å². The topological polar surface area (TPSA) is 39.5 Å². The van der Waals surface area contributed by atoms with E-state index in [1.807, 2.05) is 31.6 Å². The van der Waals surface area contributed by atoms with Crippen molar-refractivity contribution in [1.82, 2.24) is 19.2 Å². The van der Waals surface area contributed by atoms with E-state index in [0.717, 1.165) is 28.0 Å². The molecule has 0 saturated carbocycles. The van der Waals surface area contributed by atoms with Gasteiger partial charge in [0.1, 0.15) is 11.5 Å². The van der Waals surface area contributed by atoms with Crippen molar-refractivity contribution in [2.75, 3.05) is 0 Å². The zero-order valence-electron chi connectivity index (χ0n) is 12.8. The van der Waals surface area contributed by atoms with Crippen molar-refractivity contribution in [2.24, 2.45) is 7.05 Å². The number of hydrogen-bond acceptors (Lipinski definition) is 2. The van der Waals surface area contributed by atoms with Crippen molar-refractivity contribution in [3.8, 4) is 22.4 Å². The number of pyridine rings is 1. The molecule has 0 bridgehead atoms. The normalized spacial score (nSPS) is 10.9. The Morgan fingerprint density at radius 2 is 1.79 bits per heavy atom. The van der Waals surface area contributed by atoms with Gasteiger partial charge < -0.3 is 4.85 Å². The Labute approximate surface area is 137 Å². The van der Waals surface area contributed by atoms with Crippen molar-refractivity contribution in [2.45, 2.75) is 0 Å². The Hall–Kier alpha value is -3.46. The number of aromatic nitrogens is 4. The van der Waals surface area contributed by atoms with Gasteiger partial charge in [0, 0.05) is 36.0 Å². The maximum absolute atomic E-state index is 13.2. The molecular weight excluding hydrogens is 305 g/mol. The number of halogens is 1. The average Bonchev–Trinajstić information content (AvgIpc) is 3.18. The lowest BCUT2D eigenvalue weighted by Crippen LogP contribution is -1.88. The van der Waals surface area contributed by atoms with E-state index in [-0.39, 0.29) is 5.82 Å². The molecular formula is C18H12FN5. The van der Waals surface area contributed by atoms with Crippen LogP contribution in [-0.4, -0.2) is 19.2 Å². The SMILES string of the molecule is [C-]#[N+]c1cnc2ccc(-c3cn(C)nc3-c3ccc(F)cc3)cn12. The second-order valence-electron chi connectivity index (χ2n) is 5.45. The van der Waals surface area contributed by atoms with Crippen LogP contribution in [0, 0.1) is 12.4 Å². The number of rotatable bonds is 2. The molecule has 0 aliphatic heterocycles. The van der Waals surface area contributed by atoms with E-state index in [1.54, 1.807) is 27.4 Å². The maximum Gasteiger partial charge on any atom is 0.254 e. The van der Waals surface area contributed by atoms with Gasteiger partial charge in [-0.2, -0.15) is 5.10 Å². The predicted octanol–water partition coefficient (Wildman–Crippen LogP) is 4.09. The summed E-state index contributed by atoms with van der Waals surface area (Å²) >= 11 is 0. The van der Waals surface area contributed by atoms with Crippen LogP contribution in [0.5, 0.6) is 0 Å². The highest BCUT2D eigenvalue weighted by Crippen LogP contribution is 2.31. The standard InChI is InChI=1S/C18H12FN5/c1-20-17-9-21-16-8-5-13(10-24(16)17)15-11-23(2)22-18(15)12-3-6-14(19)7-4-12/h3-11H,2H3. The first kappa shape index (κ1) is 14.2. The molecule has 0 saturated heterocycles. The zero-order valence-corrected chi connectivity index (χ0v) is 12.8. The van der Waals surface area contributed by atoms with Crippen LogP contribution in [0.3, 0.4) is 0 Å². The van der Waals surface area contributed by atoms with E-state index in [9.17, 15) is 4.39 Å². The first-order chi connectivity index (χ1) is 11.7. The predicted molar refractivity (Wildman–Crippen MR) is 89.0 cm³/mol. The third kappa shape index (κ3) is 2.23. The molecule has 0 unspecified atom stereocenters. The van der Waals surface area contributed by atoms with Crippen molar-refractivity contribution < 1.29 is 4.39 Å². The number of aryl methyl sites for hydroxylation is 1. The lowest BCUT2D eigenvalue weighted by atomic mass is 10.0. The van der Waals surface area contributed by atoms with E-state index in [0.29, 0.717) is 5.82 Å². The molecule has 0 aliphatic carbocycles. The highest BCUT2D eigenvalue weighted by molar-refractivity contribution is 5.80. The van der Waals surface area contributed by atoms with E-state index in [4.69, 9.17) is 6.57 Å². The fourth-order valence-corrected chi connectivity index (χ4v) is 2.73. The van der Waals surface area contributed by atoms with Gasteiger partial charge in [0.15, 0.2) is 0 Å². The molecule has 0 aliphatic rings. The molecule has 116 valence electrons. The minimum Gasteiger partial charge on any atom is -0.362 e. The van der Waals surface area contributed by atoms with E-state index < -0.39 is 0 Å². The monoisotopic (exact) mass is 317 g/mol. The van der Waals surface area contributed by atoms with Crippen LogP contribution in [0.1, 0.15) is 0 Å². The summed E-state index contributed by atoms with van der Waals surface area (Å²) in [5.74, 6) is 0.178. The quantitative estimate of drug-likeness (QED) is 0.522. The Morgan fingerprint density at radius 1 is 1.04 bits per heavy atom. The summed E-state index contributed by atoms with van der Waals surface area (Å²) in [4.78, 5) is 7.68. The molecule has 4 aromatic rings. The molecule has 3 heterocycles. The molecule has 0 fully saturated rings. The average molecular weight is 317 g/mol. The van der Waals surface area contributed by atoms with Crippen LogP contribution in [-0.2, 0) is 7.05 Å². The second kappa shape index (κ2) is 5.32. The number of hydrogen-bond donors (Lipinski definition) is 0. The fraction of sp³-hybridized carbons (Fsp3) is 0.0556. The van der Waals surface area contributed by atoms with Crippen LogP contribution in [0.15, 0.2) is 55.0 Å². The summed E-state index contributed by atoms with van der Waals surface area (Å²) in [7, 11) is 1.84.